The summed E-state index contributed by atoms with van der Waals surface area (Å²) in [5.41, 5.74) is 8.47. The molecule has 0 fully saturated rings. The zero-order valence-corrected chi connectivity index (χ0v) is 29.0. The zero-order chi connectivity index (χ0) is 36.5. The number of nitrogens with zero attached hydrogens (tertiary/aromatic N) is 4. The molecule has 260 valence electrons. The molecule has 0 aliphatic heterocycles. The first-order valence-electron chi connectivity index (χ1n) is 15.6. The van der Waals surface area contributed by atoms with Gasteiger partial charge in [0.05, 0.1) is 26.1 Å². The van der Waals surface area contributed by atoms with Crippen molar-refractivity contribution in [2.45, 2.75) is 13.8 Å². The van der Waals surface area contributed by atoms with Crippen molar-refractivity contribution in [3.8, 4) is 11.5 Å². The molecule has 0 aliphatic carbocycles. The highest BCUT2D eigenvalue weighted by Crippen LogP contribution is 2.20. The lowest BCUT2D eigenvalue weighted by Crippen LogP contribution is -2.12. The summed E-state index contributed by atoms with van der Waals surface area (Å²) in [5, 5.41) is 11.3. The molecular weight excluding hydrogens is 643 g/mol. The van der Waals surface area contributed by atoms with Gasteiger partial charge in [0.2, 0.25) is 5.71 Å². The molecule has 6 nitrogen and oxygen atoms in total. The third-order valence-corrected chi connectivity index (χ3v) is 7.11. The van der Waals surface area contributed by atoms with Gasteiger partial charge in [-0.2, -0.15) is 5.10 Å². The van der Waals surface area contributed by atoms with Crippen molar-refractivity contribution in [1.29, 1.82) is 0 Å². The van der Waals surface area contributed by atoms with E-state index in [2.05, 4.69) is 74.5 Å². The lowest BCUT2D eigenvalue weighted by molar-refractivity contribution is -0.500. The van der Waals surface area contributed by atoms with Gasteiger partial charge in [0.1, 0.15) is 17.7 Å². The molecule has 0 unspecified atom stereocenters. The van der Waals surface area contributed by atoms with Crippen LogP contribution in [-0.2, 0) is 0 Å². The molecule has 4 aromatic rings. The molecule has 0 spiro atoms. The van der Waals surface area contributed by atoms with Gasteiger partial charge in [-0.15, -0.1) is 0 Å². The molecule has 0 amide bonds. The number of hydrogen-bond acceptors (Lipinski definition) is 5. The van der Waals surface area contributed by atoms with E-state index in [0.29, 0.717) is 0 Å². The maximum Gasteiger partial charge on any atom is 0.673 e. The fourth-order valence-corrected chi connectivity index (χ4v) is 4.40. The standard InChI is InChI=1S/C39H41N4O2.BF4/c1-30-12-20-34(21-13-30)38(42(3)40-28-32-16-24-36(44-5)25-17-32)10-8-7-9-11-39(35-22-14-31(2)15-23-35)43(4)41-29-33-18-26-37(45-6)27-19-33;2-1(3,4)5/h7-29H,1-6H3;/q+1;-1/b40-28+,41-29+;. The summed E-state index contributed by atoms with van der Waals surface area (Å²) < 4.78 is 51.4. The first-order valence-corrected chi connectivity index (χ1v) is 15.6. The molecule has 0 bridgehead atoms. The number of allylic oxidation sites excluding steroid dienone is 5. The van der Waals surface area contributed by atoms with Crippen LogP contribution < -0.4 is 9.47 Å². The normalized spacial score (nSPS) is 12.7. The van der Waals surface area contributed by atoms with Gasteiger partial charge in [0.15, 0.2) is 7.05 Å². The number of halogens is 4. The summed E-state index contributed by atoms with van der Waals surface area (Å²) in [6.45, 7) is 4.17. The second-order valence-electron chi connectivity index (χ2n) is 11.0. The van der Waals surface area contributed by atoms with E-state index in [-0.39, 0.29) is 0 Å². The van der Waals surface area contributed by atoms with E-state index >= 15 is 0 Å². The third kappa shape index (κ3) is 13.8. The van der Waals surface area contributed by atoms with Crippen LogP contribution in [0.25, 0.3) is 5.70 Å². The maximum absolute atomic E-state index is 9.75. The average molecular weight is 685 g/mol. The van der Waals surface area contributed by atoms with Crippen LogP contribution in [-0.4, -0.2) is 63.4 Å². The Bertz CT molecular complexity index is 1820. The number of aryl methyl sites for hydroxylation is 2. The molecule has 0 radical (unpaired) electrons. The zero-order valence-electron chi connectivity index (χ0n) is 29.0. The van der Waals surface area contributed by atoms with E-state index in [4.69, 9.17) is 19.7 Å². The summed E-state index contributed by atoms with van der Waals surface area (Å²) in [7, 11) is 1.23. The largest absolute Gasteiger partial charge is 0.673 e. The van der Waals surface area contributed by atoms with E-state index in [1.54, 1.807) is 14.2 Å². The van der Waals surface area contributed by atoms with Gasteiger partial charge in [0.25, 0.3) is 0 Å². The van der Waals surface area contributed by atoms with Crippen LogP contribution in [0.4, 0.5) is 17.3 Å². The predicted molar refractivity (Wildman–Crippen MR) is 198 cm³/mol. The predicted octanol–water partition coefficient (Wildman–Crippen LogP) is 9.21. The summed E-state index contributed by atoms with van der Waals surface area (Å²) in [6, 6.07) is 32.5. The van der Waals surface area contributed by atoms with Crippen LogP contribution in [0, 0.1) is 13.8 Å². The van der Waals surface area contributed by atoms with Crippen LogP contribution in [0.1, 0.15) is 33.4 Å². The minimum absolute atomic E-state index is 0.817. The molecule has 4 aromatic carbocycles. The summed E-state index contributed by atoms with van der Waals surface area (Å²) >= 11 is 0. The number of ether oxygens (including phenoxy) is 2. The number of methoxy groups -OCH3 is 2. The van der Waals surface area contributed by atoms with Crippen LogP contribution in [0.15, 0.2) is 138 Å². The van der Waals surface area contributed by atoms with E-state index < -0.39 is 7.25 Å². The fraction of sp³-hybridized carbons (Fsp3) is 0.154. The van der Waals surface area contributed by atoms with Gasteiger partial charge in [-0.05, 0) is 102 Å². The monoisotopic (exact) mass is 684 g/mol. The summed E-state index contributed by atoms with van der Waals surface area (Å²) in [4.78, 5) is 0. The van der Waals surface area contributed by atoms with Crippen molar-refractivity contribution >= 4 is 31.1 Å². The average Bonchev–Trinajstić information content (AvgIpc) is 3.10. The Hall–Kier alpha value is -5.71. The number of hydrogen-bond donors (Lipinski definition) is 0. The number of hydrazone groups is 2. The van der Waals surface area contributed by atoms with E-state index in [9.17, 15) is 17.3 Å². The van der Waals surface area contributed by atoms with E-state index in [0.717, 1.165) is 45.2 Å². The highest BCUT2D eigenvalue weighted by Gasteiger charge is 2.20. The molecule has 0 heterocycles. The van der Waals surface area contributed by atoms with Crippen molar-refractivity contribution in [3.63, 3.8) is 0 Å². The SMILES string of the molecule is COc1ccc(/C=N/N(C)/C(=C/C=C/C=C/C(c2ccc(C)cc2)=[N+](C)/N=C/c2ccc(OC)cc2)c2ccc(C)cc2)cc1.F[B-](F)(F)F. The molecule has 0 aromatic heterocycles. The van der Waals surface area contributed by atoms with Gasteiger partial charge in [0, 0.05) is 18.7 Å². The Morgan fingerprint density at radius 2 is 1.12 bits per heavy atom. The van der Waals surface area contributed by atoms with E-state index in [1.165, 1.54) is 11.1 Å². The second kappa shape index (κ2) is 19.3. The topological polar surface area (TPSA) is 49.4 Å². The Kier molecular flexibility index (Phi) is 15.0. The highest BCUT2D eigenvalue weighted by molar-refractivity contribution is 6.50. The third-order valence-electron chi connectivity index (χ3n) is 7.11. The maximum atomic E-state index is 9.75. The van der Waals surface area contributed by atoms with Crippen LogP contribution in [0.2, 0.25) is 0 Å². The highest BCUT2D eigenvalue weighted by atomic mass is 19.5. The molecular formula is C39H41BF4N4O2. The van der Waals surface area contributed by atoms with Crippen molar-refractivity contribution in [2.24, 2.45) is 10.2 Å². The molecule has 0 atom stereocenters. The van der Waals surface area contributed by atoms with Gasteiger partial charge < -0.3 is 26.7 Å². The Morgan fingerprint density at radius 1 is 0.660 bits per heavy atom. The first-order chi connectivity index (χ1) is 23.9. The molecule has 0 N–H and O–H groups in total. The van der Waals surface area contributed by atoms with E-state index in [1.807, 2.05) is 103 Å². The quantitative estimate of drug-likeness (QED) is 0.0374. The summed E-state index contributed by atoms with van der Waals surface area (Å²) in [5.74, 6) is 1.63. The fourth-order valence-electron chi connectivity index (χ4n) is 4.40. The van der Waals surface area contributed by atoms with Crippen LogP contribution in [0.5, 0.6) is 11.5 Å². The van der Waals surface area contributed by atoms with Crippen molar-refractivity contribution in [2.75, 3.05) is 28.3 Å². The minimum atomic E-state index is -6.00. The Balaban J connectivity index is 0.00000126. The lowest BCUT2D eigenvalue weighted by atomic mass is 10.1. The Morgan fingerprint density at radius 3 is 1.60 bits per heavy atom. The molecule has 4 rings (SSSR count). The molecule has 0 aliphatic rings. The summed E-state index contributed by atoms with van der Waals surface area (Å²) in [6.07, 6.45) is 13.9. The van der Waals surface area contributed by atoms with Gasteiger partial charge in [-0.25, -0.2) is 0 Å². The molecule has 0 saturated carbocycles. The number of rotatable bonds is 12. The van der Waals surface area contributed by atoms with Gasteiger partial charge in [-0.1, -0.05) is 70.4 Å². The van der Waals surface area contributed by atoms with Crippen molar-refractivity contribution < 1.29 is 31.4 Å². The van der Waals surface area contributed by atoms with Gasteiger partial charge >= 0.3 is 7.25 Å². The van der Waals surface area contributed by atoms with Gasteiger partial charge in [-0.3, -0.25) is 5.01 Å². The molecule has 50 heavy (non-hydrogen) atoms. The molecule has 0 saturated heterocycles. The molecule has 11 heteroatoms. The minimum Gasteiger partial charge on any atom is -0.497 e. The number of benzene rings is 4. The van der Waals surface area contributed by atoms with Crippen molar-refractivity contribution in [3.05, 3.63) is 161 Å². The first kappa shape index (κ1) is 38.7. The second-order valence-corrected chi connectivity index (χ2v) is 11.0. The van der Waals surface area contributed by atoms with Crippen molar-refractivity contribution in [1.82, 2.24) is 5.01 Å². The van der Waals surface area contributed by atoms with Crippen LogP contribution in [0.3, 0.4) is 0 Å². The van der Waals surface area contributed by atoms with Crippen LogP contribution >= 0.6 is 0 Å². The lowest BCUT2D eigenvalue weighted by Gasteiger charge is -2.17. The smallest absolute Gasteiger partial charge is 0.497 e. The Labute approximate surface area is 291 Å².